The first kappa shape index (κ1) is 14.5. The van der Waals surface area contributed by atoms with E-state index in [9.17, 15) is 4.79 Å². The molecular weight excluding hydrogens is 306 g/mol. The van der Waals surface area contributed by atoms with Crippen molar-refractivity contribution in [2.24, 2.45) is 5.92 Å². The number of piperidine rings is 1. The number of halogens is 1. The molecule has 0 aromatic heterocycles. The molecule has 0 bridgehead atoms. The third kappa shape index (κ3) is 4.05. The van der Waals surface area contributed by atoms with Crippen LogP contribution >= 0.6 is 15.9 Å². The minimum atomic E-state index is -0.0250. The zero-order valence-corrected chi connectivity index (χ0v) is 12.9. The van der Waals surface area contributed by atoms with Crippen molar-refractivity contribution in [3.63, 3.8) is 0 Å². The van der Waals surface area contributed by atoms with E-state index in [2.05, 4.69) is 39.0 Å². The maximum Gasteiger partial charge on any atom is 0.309 e. The molecule has 4 heteroatoms. The predicted molar refractivity (Wildman–Crippen MR) is 78.8 cm³/mol. The quantitative estimate of drug-likeness (QED) is 0.796. The van der Waals surface area contributed by atoms with Crippen LogP contribution in [0.3, 0.4) is 0 Å². The van der Waals surface area contributed by atoms with Gasteiger partial charge in [0.2, 0.25) is 0 Å². The first-order valence-electron chi connectivity index (χ1n) is 6.83. The molecule has 0 spiro atoms. The Balaban J connectivity index is 1.84. The lowest BCUT2D eigenvalue weighted by atomic mass is 9.96. The molecule has 1 aromatic carbocycles. The number of ether oxygens (including phenoxy) is 1. The fourth-order valence-electron chi connectivity index (χ4n) is 2.45. The first-order chi connectivity index (χ1) is 9.20. The molecule has 0 amide bonds. The number of benzene rings is 1. The zero-order chi connectivity index (χ0) is 13.7. The second kappa shape index (κ2) is 7.06. The summed E-state index contributed by atoms with van der Waals surface area (Å²) in [6.07, 6.45) is 1.81. The molecule has 0 atom stereocenters. The monoisotopic (exact) mass is 325 g/mol. The Bertz CT molecular complexity index is 428. The highest BCUT2D eigenvalue weighted by Crippen LogP contribution is 2.23. The summed E-state index contributed by atoms with van der Waals surface area (Å²) in [6, 6.07) is 8.30. The third-order valence-corrected chi connectivity index (χ3v) is 4.33. The Morgan fingerprint density at radius 3 is 2.68 bits per heavy atom. The van der Waals surface area contributed by atoms with E-state index in [0.29, 0.717) is 6.61 Å². The summed E-state index contributed by atoms with van der Waals surface area (Å²) in [5.74, 6) is 0.0680. The molecule has 1 heterocycles. The highest BCUT2D eigenvalue weighted by Gasteiger charge is 2.25. The van der Waals surface area contributed by atoms with Crippen LogP contribution in [0.5, 0.6) is 0 Å². The number of likely N-dealkylation sites (tertiary alicyclic amines) is 1. The summed E-state index contributed by atoms with van der Waals surface area (Å²) < 4.78 is 6.24. The van der Waals surface area contributed by atoms with Crippen molar-refractivity contribution < 1.29 is 9.53 Å². The molecular formula is C15H20BrNO2. The second-order valence-corrected chi connectivity index (χ2v) is 5.75. The normalized spacial score (nSPS) is 17.4. The van der Waals surface area contributed by atoms with Crippen molar-refractivity contribution in [1.29, 1.82) is 0 Å². The van der Waals surface area contributed by atoms with E-state index >= 15 is 0 Å². The molecule has 1 saturated heterocycles. The fraction of sp³-hybridized carbons (Fsp3) is 0.533. The van der Waals surface area contributed by atoms with Crippen LogP contribution in [0.1, 0.15) is 25.3 Å². The van der Waals surface area contributed by atoms with Gasteiger partial charge in [0, 0.05) is 11.0 Å². The second-order valence-electron chi connectivity index (χ2n) is 4.89. The topological polar surface area (TPSA) is 29.5 Å². The van der Waals surface area contributed by atoms with Gasteiger partial charge in [-0.15, -0.1) is 0 Å². The molecule has 3 nitrogen and oxygen atoms in total. The number of nitrogens with zero attached hydrogens (tertiary/aromatic N) is 1. The van der Waals surface area contributed by atoms with Crippen molar-refractivity contribution in [3.8, 4) is 0 Å². The van der Waals surface area contributed by atoms with Crippen molar-refractivity contribution in [2.45, 2.75) is 26.3 Å². The van der Waals surface area contributed by atoms with Gasteiger partial charge < -0.3 is 4.74 Å². The Labute approximate surface area is 123 Å². The van der Waals surface area contributed by atoms with Gasteiger partial charge in [0.05, 0.1) is 12.5 Å². The van der Waals surface area contributed by atoms with Gasteiger partial charge >= 0.3 is 5.97 Å². The van der Waals surface area contributed by atoms with Crippen molar-refractivity contribution in [3.05, 3.63) is 34.3 Å². The van der Waals surface area contributed by atoms with Gasteiger partial charge in [-0.05, 0) is 44.5 Å². The van der Waals surface area contributed by atoms with E-state index in [0.717, 1.165) is 36.9 Å². The average molecular weight is 326 g/mol. The first-order valence-corrected chi connectivity index (χ1v) is 7.62. The number of carbonyl (C=O) groups excluding carboxylic acids is 1. The maximum atomic E-state index is 11.7. The summed E-state index contributed by atoms with van der Waals surface area (Å²) in [7, 11) is 0. The van der Waals surface area contributed by atoms with E-state index in [1.165, 1.54) is 5.56 Å². The highest BCUT2D eigenvalue weighted by atomic mass is 79.9. The standard InChI is InChI=1S/C15H20BrNO2/c1-2-19-15(18)12-7-9-17(10-8-12)11-13-5-3-4-6-14(13)16/h3-6,12H,2,7-11H2,1H3. The number of hydrogen-bond acceptors (Lipinski definition) is 3. The lowest BCUT2D eigenvalue weighted by molar-refractivity contribution is -0.149. The van der Waals surface area contributed by atoms with Crippen LogP contribution in [0.15, 0.2) is 28.7 Å². The lowest BCUT2D eigenvalue weighted by Gasteiger charge is -2.31. The molecule has 1 aliphatic rings. The SMILES string of the molecule is CCOC(=O)C1CCN(Cc2ccccc2Br)CC1. The van der Waals surface area contributed by atoms with E-state index < -0.39 is 0 Å². The number of hydrogen-bond donors (Lipinski definition) is 0. The van der Waals surface area contributed by atoms with E-state index in [-0.39, 0.29) is 11.9 Å². The summed E-state index contributed by atoms with van der Waals surface area (Å²) in [5, 5.41) is 0. The van der Waals surface area contributed by atoms with Gasteiger partial charge in [0.25, 0.3) is 0 Å². The summed E-state index contributed by atoms with van der Waals surface area (Å²) in [5.41, 5.74) is 1.30. The smallest absolute Gasteiger partial charge is 0.309 e. The minimum absolute atomic E-state index is 0.0250. The Morgan fingerprint density at radius 2 is 2.05 bits per heavy atom. The Kier molecular flexibility index (Phi) is 5.40. The van der Waals surface area contributed by atoms with Crippen molar-refractivity contribution in [1.82, 2.24) is 4.90 Å². The molecule has 2 rings (SSSR count). The van der Waals surface area contributed by atoms with Crippen molar-refractivity contribution >= 4 is 21.9 Å². The molecule has 104 valence electrons. The average Bonchev–Trinajstić information content (AvgIpc) is 2.42. The van der Waals surface area contributed by atoms with Crippen molar-refractivity contribution in [2.75, 3.05) is 19.7 Å². The fourth-order valence-corrected chi connectivity index (χ4v) is 2.86. The van der Waals surface area contributed by atoms with Crippen LogP contribution in [0.2, 0.25) is 0 Å². The van der Waals surface area contributed by atoms with Crippen LogP contribution in [0.4, 0.5) is 0 Å². The van der Waals surface area contributed by atoms with Gasteiger partial charge in [0.1, 0.15) is 0 Å². The largest absolute Gasteiger partial charge is 0.466 e. The molecule has 1 aliphatic heterocycles. The molecule has 0 radical (unpaired) electrons. The Hall–Kier alpha value is -0.870. The molecule has 1 aromatic rings. The van der Waals surface area contributed by atoms with E-state index in [1.54, 1.807) is 0 Å². The molecule has 0 N–H and O–H groups in total. The maximum absolute atomic E-state index is 11.7. The molecule has 0 saturated carbocycles. The zero-order valence-electron chi connectivity index (χ0n) is 11.3. The van der Waals surface area contributed by atoms with E-state index in [1.807, 2.05) is 13.0 Å². The van der Waals surface area contributed by atoms with Gasteiger partial charge in [0.15, 0.2) is 0 Å². The molecule has 1 fully saturated rings. The molecule has 0 aliphatic carbocycles. The predicted octanol–water partition coefficient (Wildman–Crippen LogP) is 3.22. The minimum Gasteiger partial charge on any atom is -0.466 e. The summed E-state index contributed by atoms with van der Waals surface area (Å²) in [6.45, 7) is 5.21. The van der Waals surface area contributed by atoms with E-state index in [4.69, 9.17) is 4.74 Å². The van der Waals surface area contributed by atoms with Gasteiger partial charge in [-0.2, -0.15) is 0 Å². The number of esters is 1. The van der Waals surface area contributed by atoms with Gasteiger partial charge in [-0.25, -0.2) is 0 Å². The summed E-state index contributed by atoms with van der Waals surface area (Å²) >= 11 is 3.58. The highest BCUT2D eigenvalue weighted by molar-refractivity contribution is 9.10. The van der Waals surface area contributed by atoms with Crippen LogP contribution in [0, 0.1) is 5.92 Å². The van der Waals surface area contributed by atoms with Crippen LogP contribution in [-0.2, 0) is 16.1 Å². The van der Waals surface area contributed by atoms with Gasteiger partial charge in [-0.3, -0.25) is 9.69 Å². The van der Waals surface area contributed by atoms with Crippen LogP contribution in [0.25, 0.3) is 0 Å². The van der Waals surface area contributed by atoms with Crippen LogP contribution in [-0.4, -0.2) is 30.6 Å². The van der Waals surface area contributed by atoms with Gasteiger partial charge in [-0.1, -0.05) is 34.1 Å². The lowest BCUT2D eigenvalue weighted by Crippen LogP contribution is -2.36. The number of carbonyl (C=O) groups is 1. The number of rotatable bonds is 4. The third-order valence-electron chi connectivity index (χ3n) is 3.56. The molecule has 19 heavy (non-hydrogen) atoms. The summed E-state index contributed by atoms with van der Waals surface area (Å²) in [4.78, 5) is 14.1. The van der Waals surface area contributed by atoms with Crippen LogP contribution < -0.4 is 0 Å². The Morgan fingerprint density at radius 1 is 1.37 bits per heavy atom. The molecule has 0 unspecified atom stereocenters.